The van der Waals surface area contributed by atoms with Crippen LogP contribution in [0.2, 0.25) is 0 Å². The summed E-state index contributed by atoms with van der Waals surface area (Å²) in [5.41, 5.74) is -0.810. The van der Waals surface area contributed by atoms with Crippen molar-refractivity contribution in [3.05, 3.63) is 26.9 Å². The molecule has 1 saturated heterocycles. The molecule has 1 aromatic heterocycles. The average Bonchev–Trinajstić information content (AvgIpc) is 2.94. The molecule has 1 amide bonds. The van der Waals surface area contributed by atoms with Gasteiger partial charge < -0.3 is 10.0 Å². The van der Waals surface area contributed by atoms with Crippen LogP contribution in [0.25, 0.3) is 6.08 Å². The number of thiophene rings is 1. The van der Waals surface area contributed by atoms with Crippen LogP contribution >= 0.6 is 27.3 Å². The van der Waals surface area contributed by atoms with E-state index in [4.69, 9.17) is 5.11 Å². The molecule has 0 saturated carbocycles. The monoisotopic (exact) mass is 343 g/mol. The van der Waals surface area contributed by atoms with Crippen molar-refractivity contribution in [3.63, 3.8) is 0 Å². The van der Waals surface area contributed by atoms with Crippen molar-refractivity contribution in [3.8, 4) is 0 Å². The number of carboxylic acid groups (broad SMARTS) is 1. The van der Waals surface area contributed by atoms with Crippen molar-refractivity contribution in [1.82, 2.24) is 4.90 Å². The number of halogens is 1. The van der Waals surface area contributed by atoms with Gasteiger partial charge >= 0.3 is 5.97 Å². The summed E-state index contributed by atoms with van der Waals surface area (Å²) < 4.78 is 0.990. The predicted octanol–water partition coefficient (Wildman–Crippen LogP) is 2.85. The summed E-state index contributed by atoms with van der Waals surface area (Å²) in [6, 6.07) is 1.93. The van der Waals surface area contributed by atoms with E-state index >= 15 is 0 Å². The lowest BCUT2D eigenvalue weighted by molar-refractivity contribution is -0.147. The van der Waals surface area contributed by atoms with Gasteiger partial charge in [-0.3, -0.25) is 9.59 Å². The molecule has 4 nitrogen and oxygen atoms in total. The van der Waals surface area contributed by atoms with Crippen LogP contribution in [0.4, 0.5) is 0 Å². The molecule has 1 aliphatic rings. The molecule has 2 rings (SSSR count). The Labute approximate surface area is 123 Å². The molecule has 1 aliphatic heterocycles. The van der Waals surface area contributed by atoms with E-state index in [1.165, 1.54) is 6.08 Å². The summed E-state index contributed by atoms with van der Waals surface area (Å²) in [6.07, 6.45) is 3.77. The third kappa shape index (κ3) is 3.25. The minimum Gasteiger partial charge on any atom is -0.481 e. The molecule has 1 fully saturated rings. The van der Waals surface area contributed by atoms with Gasteiger partial charge in [-0.05, 0) is 41.4 Å². The summed E-state index contributed by atoms with van der Waals surface area (Å²) in [5, 5.41) is 11.1. The van der Waals surface area contributed by atoms with E-state index in [0.29, 0.717) is 13.0 Å². The molecule has 0 aromatic carbocycles. The van der Waals surface area contributed by atoms with Crippen LogP contribution in [-0.4, -0.2) is 35.0 Å². The third-order valence-electron chi connectivity index (χ3n) is 3.28. The van der Waals surface area contributed by atoms with E-state index in [9.17, 15) is 9.59 Å². The molecule has 19 heavy (non-hydrogen) atoms. The zero-order chi connectivity index (χ0) is 14.0. The fourth-order valence-corrected chi connectivity index (χ4v) is 3.34. The van der Waals surface area contributed by atoms with Gasteiger partial charge in [-0.2, -0.15) is 0 Å². The molecular formula is C13H14BrNO3S. The second-order valence-corrected chi connectivity index (χ2v) is 6.73. The van der Waals surface area contributed by atoms with Gasteiger partial charge in [0.05, 0.1) is 5.41 Å². The van der Waals surface area contributed by atoms with E-state index in [0.717, 1.165) is 9.35 Å². The summed E-state index contributed by atoms with van der Waals surface area (Å²) in [5.74, 6) is -0.969. The molecule has 1 aromatic rings. The molecule has 0 spiro atoms. The Kier molecular flexibility index (Phi) is 4.10. The SMILES string of the molecule is CC1(C(=O)O)CCN(C(=O)C=Cc2cc(Br)cs2)C1. The highest BCUT2D eigenvalue weighted by Gasteiger charge is 2.41. The number of carbonyl (C=O) groups is 2. The van der Waals surface area contributed by atoms with Gasteiger partial charge in [0.2, 0.25) is 5.91 Å². The third-order valence-corrected chi connectivity index (χ3v) is 4.94. The lowest BCUT2D eigenvalue weighted by Gasteiger charge is -2.18. The average molecular weight is 344 g/mol. The Morgan fingerprint density at radius 2 is 2.32 bits per heavy atom. The highest BCUT2D eigenvalue weighted by atomic mass is 79.9. The molecule has 0 bridgehead atoms. The lowest BCUT2D eigenvalue weighted by Crippen LogP contribution is -2.34. The maximum Gasteiger partial charge on any atom is 0.311 e. The first kappa shape index (κ1) is 14.3. The zero-order valence-electron chi connectivity index (χ0n) is 10.4. The van der Waals surface area contributed by atoms with Crippen molar-refractivity contribution < 1.29 is 14.7 Å². The van der Waals surface area contributed by atoms with Crippen LogP contribution in [0, 0.1) is 5.41 Å². The van der Waals surface area contributed by atoms with Gasteiger partial charge in [0.25, 0.3) is 0 Å². The first-order chi connectivity index (χ1) is 8.90. The van der Waals surface area contributed by atoms with Gasteiger partial charge in [-0.1, -0.05) is 0 Å². The molecule has 0 radical (unpaired) electrons. The number of rotatable bonds is 3. The quantitative estimate of drug-likeness (QED) is 0.858. The van der Waals surface area contributed by atoms with Crippen LogP contribution in [0.5, 0.6) is 0 Å². The largest absolute Gasteiger partial charge is 0.481 e. The highest BCUT2D eigenvalue weighted by Crippen LogP contribution is 2.30. The standard InChI is InChI=1S/C13H14BrNO3S/c1-13(12(17)18)4-5-15(8-13)11(16)3-2-10-6-9(14)7-19-10/h2-3,6-7H,4-5,8H2,1H3,(H,17,18). The molecule has 0 aliphatic carbocycles. The Bertz CT molecular complexity index is 540. The molecular weight excluding hydrogens is 330 g/mol. The molecule has 1 atom stereocenters. The molecule has 1 N–H and O–H groups in total. The van der Waals surface area contributed by atoms with Crippen molar-refractivity contribution in [2.24, 2.45) is 5.41 Å². The van der Waals surface area contributed by atoms with Crippen molar-refractivity contribution >= 4 is 45.2 Å². The van der Waals surface area contributed by atoms with E-state index in [1.54, 1.807) is 29.2 Å². The smallest absolute Gasteiger partial charge is 0.311 e. The van der Waals surface area contributed by atoms with Crippen LogP contribution in [0.1, 0.15) is 18.2 Å². The van der Waals surface area contributed by atoms with Crippen LogP contribution in [-0.2, 0) is 9.59 Å². The topological polar surface area (TPSA) is 57.6 Å². The zero-order valence-corrected chi connectivity index (χ0v) is 12.8. The minimum absolute atomic E-state index is 0.130. The first-order valence-corrected chi connectivity index (χ1v) is 7.52. The van der Waals surface area contributed by atoms with Crippen LogP contribution in [0.15, 0.2) is 22.0 Å². The Morgan fingerprint density at radius 3 is 2.84 bits per heavy atom. The number of carboxylic acids is 1. The maximum atomic E-state index is 12.0. The van der Waals surface area contributed by atoms with E-state index in [-0.39, 0.29) is 12.5 Å². The van der Waals surface area contributed by atoms with Crippen LogP contribution in [0.3, 0.4) is 0 Å². The van der Waals surface area contributed by atoms with Crippen molar-refractivity contribution in [2.75, 3.05) is 13.1 Å². The molecule has 102 valence electrons. The number of hydrogen-bond acceptors (Lipinski definition) is 3. The Hall–Kier alpha value is -1.14. The van der Waals surface area contributed by atoms with Crippen molar-refractivity contribution in [1.29, 1.82) is 0 Å². The molecule has 2 heterocycles. The van der Waals surface area contributed by atoms with Gasteiger partial charge in [-0.15, -0.1) is 11.3 Å². The fourth-order valence-electron chi connectivity index (χ4n) is 2.00. The van der Waals surface area contributed by atoms with Gasteiger partial charge in [0, 0.05) is 33.9 Å². The maximum absolute atomic E-state index is 12.0. The summed E-state index contributed by atoms with van der Waals surface area (Å²) >= 11 is 4.89. The van der Waals surface area contributed by atoms with E-state index < -0.39 is 11.4 Å². The van der Waals surface area contributed by atoms with Crippen molar-refractivity contribution in [2.45, 2.75) is 13.3 Å². The summed E-state index contributed by atoms with van der Waals surface area (Å²) in [4.78, 5) is 25.7. The Morgan fingerprint density at radius 1 is 1.58 bits per heavy atom. The van der Waals surface area contributed by atoms with Gasteiger partial charge in [0.1, 0.15) is 0 Å². The number of hydrogen-bond donors (Lipinski definition) is 1. The lowest BCUT2D eigenvalue weighted by atomic mass is 9.90. The predicted molar refractivity (Wildman–Crippen MR) is 78.0 cm³/mol. The summed E-state index contributed by atoms with van der Waals surface area (Å²) in [6.45, 7) is 2.46. The normalized spacial score (nSPS) is 23.2. The second kappa shape index (κ2) is 5.46. The number of aliphatic carboxylic acids is 1. The van der Waals surface area contributed by atoms with Gasteiger partial charge in [-0.25, -0.2) is 0 Å². The number of likely N-dealkylation sites (tertiary alicyclic amines) is 1. The molecule has 6 heteroatoms. The second-order valence-electron chi connectivity index (χ2n) is 4.88. The van der Waals surface area contributed by atoms with E-state index in [1.807, 2.05) is 11.4 Å². The number of amides is 1. The van der Waals surface area contributed by atoms with Gasteiger partial charge in [0.15, 0.2) is 0 Å². The number of nitrogens with zero attached hydrogens (tertiary/aromatic N) is 1. The summed E-state index contributed by atoms with van der Waals surface area (Å²) in [7, 11) is 0. The fraction of sp³-hybridized carbons (Fsp3) is 0.385. The highest BCUT2D eigenvalue weighted by molar-refractivity contribution is 9.10. The number of carbonyl (C=O) groups excluding carboxylic acids is 1. The van der Waals surface area contributed by atoms with E-state index in [2.05, 4.69) is 15.9 Å². The van der Waals surface area contributed by atoms with Crippen LogP contribution < -0.4 is 0 Å². The molecule has 1 unspecified atom stereocenters. The minimum atomic E-state index is -0.839. The first-order valence-electron chi connectivity index (χ1n) is 5.85. The Balaban J connectivity index is 1.99.